The molecule has 0 bridgehead atoms. The largest absolute Gasteiger partial charge is 0.441 e. The number of amides is 4. The number of carbonyl (C=O) groups is 6. The number of rotatable bonds is 12. The molecule has 0 atom stereocenters. The number of alkyl carbamates (subject to hydrolysis) is 4. The molecule has 0 fully saturated rings. The van der Waals surface area contributed by atoms with Gasteiger partial charge in [-0.05, 0) is 13.8 Å². The molecule has 0 aromatic rings. The highest BCUT2D eigenvalue weighted by Crippen LogP contribution is 1.91. The molecule has 16 heteroatoms. The molecule has 0 aliphatic carbocycles. The Morgan fingerprint density at radius 3 is 1.15 bits per heavy atom. The van der Waals surface area contributed by atoms with Crippen LogP contribution in [0, 0.1) is 0 Å². The average molecular weight is 476 g/mol. The van der Waals surface area contributed by atoms with Gasteiger partial charge in [0.15, 0.2) is 13.5 Å². The van der Waals surface area contributed by atoms with E-state index in [4.69, 9.17) is 0 Å². The first-order valence-electron chi connectivity index (χ1n) is 8.80. The summed E-state index contributed by atoms with van der Waals surface area (Å²) in [7, 11) is 0. The van der Waals surface area contributed by atoms with E-state index in [0.717, 1.165) is 0 Å². The van der Waals surface area contributed by atoms with Gasteiger partial charge in [-0.1, -0.05) is 13.2 Å². The molecule has 0 aromatic carbocycles. The second-order valence-corrected chi connectivity index (χ2v) is 5.56. The number of hydrogen-bond donors (Lipinski definition) is 4. The number of nitrogens with one attached hydrogen (secondary N) is 4. The Labute approximate surface area is 187 Å². The van der Waals surface area contributed by atoms with Gasteiger partial charge < -0.3 is 39.1 Å². The van der Waals surface area contributed by atoms with Crippen molar-refractivity contribution >= 4 is 36.3 Å². The van der Waals surface area contributed by atoms with Gasteiger partial charge in [-0.15, -0.1) is 0 Å². The summed E-state index contributed by atoms with van der Waals surface area (Å²) in [5.74, 6) is -1.43. The van der Waals surface area contributed by atoms with E-state index >= 15 is 0 Å². The highest BCUT2D eigenvalue weighted by Gasteiger charge is 2.09. The van der Waals surface area contributed by atoms with Crippen LogP contribution in [0.1, 0.15) is 13.8 Å². The zero-order valence-corrected chi connectivity index (χ0v) is 17.8. The number of ether oxygens (including phenoxy) is 6. The molecule has 0 heterocycles. The van der Waals surface area contributed by atoms with Crippen molar-refractivity contribution in [2.75, 3.05) is 33.7 Å². The third kappa shape index (κ3) is 15.9. The van der Waals surface area contributed by atoms with Crippen LogP contribution in [0.2, 0.25) is 0 Å². The Balaban J connectivity index is 3.73. The molecule has 0 spiro atoms. The van der Waals surface area contributed by atoms with E-state index in [1.54, 1.807) is 0 Å². The molecule has 0 aliphatic rings. The Bertz CT molecular complexity index is 705. The summed E-state index contributed by atoms with van der Waals surface area (Å²) in [4.78, 5) is 67.3. The summed E-state index contributed by atoms with van der Waals surface area (Å²) in [5, 5.41) is 8.23. The van der Waals surface area contributed by atoms with E-state index < -0.39 is 70.0 Å². The summed E-state index contributed by atoms with van der Waals surface area (Å²) in [5.41, 5.74) is 0.277. The molecule has 0 radical (unpaired) electrons. The number of hydrogen-bond acceptors (Lipinski definition) is 12. The monoisotopic (exact) mass is 476 g/mol. The van der Waals surface area contributed by atoms with Crippen molar-refractivity contribution in [3.63, 3.8) is 0 Å². The Morgan fingerprint density at radius 1 is 0.545 bits per heavy atom. The van der Waals surface area contributed by atoms with Crippen LogP contribution in [-0.4, -0.2) is 70.0 Å². The lowest BCUT2D eigenvalue weighted by Crippen LogP contribution is -2.39. The maximum absolute atomic E-state index is 11.3. The van der Waals surface area contributed by atoms with Gasteiger partial charge in [-0.3, -0.25) is 10.6 Å². The van der Waals surface area contributed by atoms with Crippen LogP contribution < -0.4 is 21.3 Å². The normalized spacial score (nSPS) is 9.27. The Morgan fingerprint density at radius 2 is 0.848 bits per heavy atom. The van der Waals surface area contributed by atoms with Crippen molar-refractivity contribution in [1.82, 2.24) is 21.3 Å². The predicted molar refractivity (Wildman–Crippen MR) is 105 cm³/mol. The average Bonchev–Trinajstić information content (AvgIpc) is 2.73. The molecule has 0 unspecified atom stereocenters. The Kier molecular flexibility index (Phi) is 14.0. The van der Waals surface area contributed by atoms with Gasteiger partial charge in [0.05, 0.1) is 6.67 Å². The minimum atomic E-state index is -1.06. The van der Waals surface area contributed by atoms with Crippen molar-refractivity contribution in [1.29, 1.82) is 0 Å². The van der Waals surface area contributed by atoms with E-state index in [1.165, 1.54) is 13.8 Å². The lowest BCUT2D eigenvalue weighted by Gasteiger charge is -2.10. The third-order valence-corrected chi connectivity index (χ3v) is 2.76. The van der Waals surface area contributed by atoms with Crippen LogP contribution in [0.15, 0.2) is 24.3 Å². The molecule has 33 heavy (non-hydrogen) atoms. The van der Waals surface area contributed by atoms with E-state index in [2.05, 4.69) is 62.8 Å². The molecule has 0 aromatic heterocycles. The lowest BCUT2D eigenvalue weighted by molar-refractivity contribution is -0.140. The van der Waals surface area contributed by atoms with E-state index in [1.807, 2.05) is 0 Å². The van der Waals surface area contributed by atoms with E-state index in [-0.39, 0.29) is 11.1 Å². The van der Waals surface area contributed by atoms with E-state index in [9.17, 15) is 28.8 Å². The molecule has 4 N–H and O–H groups in total. The van der Waals surface area contributed by atoms with Gasteiger partial charge in [-0.25, -0.2) is 28.8 Å². The summed E-state index contributed by atoms with van der Waals surface area (Å²) in [6, 6.07) is 0. The molecule has 16 nitrogen and oxygen atoms in total. The second-order valence-electron chi connectivity index (χ2n) is 5.56. The summed E-state index contributed by atoms with van der Waals surface area (Å²) >= 11 is 0. The van der Waals surface area contributed by atoms with Crippen LogP contribution in [0.4, 0.5) is 19.2 Å². The quantitative estimate of drug-likeness (QED) is 0.126. The maximum atomic E-state index is 11.3. The summed E-state index contributed by atoms with van der Waals surface area (Å²) in [6.07, 6.45) is -4.18. The highest BCUT2D eigenvalue weighted by atomic mass is 16.7. The van der Waals surface area contributed by atoms with Crippen molar-refractivity contribution in [3.05, 3.63) is 24.3 Å². The third-order valence-electron chi connectivity index (χ3n) is 2.76. The van der Waals surface area contributed by atoms with Crippen LogP contribution in [-0.2, 0) is 38.0 Å². The first-order valence-corrected chi connectivity index (χ1v) is 8.80. The van der Waals surface area contributed by atoms with Crippen molar-refractivity contribution in [2.45, 2.75) is 13.8 Å². The van der Waals surface area contributed by atoms with Crippen molar-refractivity contribution < 1.29 is 57.2 Å². The van der Waals surface area contributed by atoms with Crippen LogP contribution in [0.25, 0.3) is 0 Å². The topological polar surface area (TPSA) is 206 Å². The minimum Gasteiger partial charge on any atom is -0.441 e. The summed E-state index contributed by atoms with van der Waals surface area (Å²) in [6.45, 7) is 6.58. The molecule has 0 rings (SSSR count). The summed E-state index contributed by atoms with van der Waals surface area (Å²) < 4.78 is 27.0. The first-order chi connectivity index (χ1) is 15.5. The standard InChI is InChI=1S/C17H24N4O12/c1-10(2)12(22)28-6-20-16(26)32-8-30-14(24)18-5-19-15(25)31-9-33-17(27)21-7-29-13(23)11(3)4/h1,3,5-9H2,2,4H3,(H,18,24)(H,19,25)(H,20,26)(H,21,27). The fourth-order valence-electron chi connectivity index (χ4n) is 1.23. The molecule has 0 saturated carbocycles. The van der Waals surface area contributed by atoms with Gasteiger partial charge in [0.2, 0.25) is 13.6 Å². The maximum Gasteiger partial charge on any atom is 0.412 e. The molecule has 0 aliphatic heterocycles. The first kappa shape index (κ1) is 28.5. The highest BCUT2D eigenvalue weighted by molar-refractivity contribution is 5.87. The number of carbonyl (C=O) groups excluding carboxylic acids is 6. The Hall–Kier alpha value is -4.50. The lowest BCUT2D eigenvalue weighted by atomic mass is 10.4. The van der Waals surface area contributed by atoms with Gasteiger partial charge >= 0.3 is 36.3 Å². The molecular weight excluding hydrogens is 452 g/mol. The number of esters is 2. The SMILES string of the molecule is C=C(C)C(=O)OCNC(=O)OCOC(=O)NCNC(=O)OCOC(=O)NCOC(=O)C(=C)C. The van der Waals surface area contributed by atoms with Crippen LogP contribution in [0.5, 0.6) is 0 Å². The van der Waals surface area contributed by atoms with Crippen LogP contribution >= 0.6 is 0 Å². The fraction of sp³-hybridized carbons (Fsp3) is 0.412. The zero-order valence-electron chi connectivity index (χ0n) is 17.8. The zero-order chi connectivity index (χ0) is 25.2. The van der Waals surface area contributed by atoms with Crippen LogP contribution in [0.3, 0.4) is 0 Å². The minimum absolute atomic E-state index is 0.138. The van der Waals surface area contributed by atoms with Gasteiger partial charge in [0.1, 0.15) is 0 Å². The molecular formula is C17H24N4O12. The van der Waals surface area contributed by atoms with Gasteiger partial charge in [-0.2, -0.15) is 0 Å². The van der Waals surface area contributed by atoms with Crippen molar-refractivity contribution in [2.24, 2.45) is 0 Å². The van der Waals surface area contributed by atoms with Crippen molar-refractivity contribution in [3.8, 4) is 0 Å². The second kappa shape index (κ2) is 16.2. The van der Waals surface area contributed by atoms with Gasteiger partial charge in [0, 0.05) is 11.1 Å². The van der Waals surface area contributed by atoms with Gasteiger partial charge in [0.25, 0.3) is 0 Å². The molecule has 0 saturated heterocycles. The fourth-order valence-corrected chi connectivity index (χ4v) is 1.23. The molecule has 4 amide bonds. The smallest absolute Gasteiger partial charge is 0.412 e. The molecule has 184 valence electrons. The predicted octanol–water partition coefficient (Wildman–Crippen LogP) is -0.0827. The van der Waals surface area contributed by atoms with E-state index in [0.29, 0.717) is 0 Å².